The van der Waals surface area contributed by atoms with Crippen LogP contribution in [0.25, 0.3) is 10.9 Å². The fourth-order valence-corrected chi connectivity index (χ4v) is 4.33. The van der Waals surface area contributed by atoms with Crippen LogP contribution in [-0.2, 0) is 6.42 Å². The summed E-state index contributed by atoms with van der Waals surface area (Å²) < 4.78 is 17.2. The Bertz CT molecular complexity index is 1420. The summed E-state index contributed by atoms with van der Waals surface area (Å²) in [5.41, 5.74) is 4.75. The summed E-state index contributed by atoms with van der Waals surface area (Å²) in [4.78, 5) is 18.1. The Morgan fingerprint density at radius 3 is 2.24 bits per heavy atom. The van der Waals surface area contributed by atoms with Crippen molar-refractivity contribution in [3.63, 3.8) is 0 Å². The molecule has 7 nitrogen and oxygen atoms in total. The number of carbonyl (C=O) groups is 1. The number of carboxylic acid groups (broad SMARTS) is 1. The molecule has 4 rings (SSSR count). The lowest BCUT2D eigenvalue weighted by molar-refractivity contribution is 0.204. The lowest BCUT2D eigenvalue weighted by Crippen LogP contribution is -2.24. The number of hydrogen-bond donors (Lipinski definition) is 1. The van der Waals surface area contributed by atoms with Crippen molar-refractivity contribution in [3.05, 3.63) is 77.5 Å². The van der Waals surface area contributed by atoms with Crippen molar-refractivity contribution in [2.75, 3.05) is 19.1 Å². The molecule has 3 aromatic carbocycles. The number of unbranched alkanes of at least 4 members (excludes halogenated alkanes) is 1. The number of aromatic nitrogens is 1. The van der Waals surface area contributed by atoms with Gasteiger partial charge in [-0.05, 0) is 79.8 Å². The Morgan fingerprint density at radius 1 is 0.892 bits per heavy atom. The van der Waals surface area contributed by atoms with Crippen LogP contribution in [0.4, 0.5) is 16.2 Å². The smallest absolute Gasteiger partial charge is 0.416 e. The van der Waals surface area contributed by atoms with Gasteiger partial charge in [-0.15, -0.1) is 0 Å². The number of pyridine rings is 1. The fourth-order valence-electron chi connectivity index (χ4n) is 4.33. The van der Waals surface area contributed by atoms with Crippen LogP contribution < -0.4 is 19.1 Å². The Kier molecular flexibility index (Phi) is 7.82. The third kappa shape index (κ3) is 5.31. The Balaban J connectivity index is 1.69. The second-order valence-corrected chi connectivity index (χ2v) is 8.86. The van der Waals surface area contributed by atoms with Crippen molar-refractivity contribution in [3.8, 4) is 23.0 Å². The van der Waals surface area contributed by atoms with E-state index in [-0.39, 0.29) is 0 Å². The Hall–Kier alpha value is -4.26. The third-order valence-corrected chi connectivity index (χ3v) is 6.58. The second-order valence-electron chi connectivity index (χ2n) is 8.86. The number of nitrogens with zero attached hydrogens (tertiary/aromatic N) is 2. The summed E-state index contributed by atoms with van der Waals surface area (Å²) >= 11 is 0. The molecule has 0 saturated carbocycles. The van der Waals surface area contributed by atoms with Gasteiger partial charge in [-0.1, -0.05) is 25.5 Å². The molecule has 0 aliphatic heterocycles. The van der Waals surface area contributed by atoms with Gasteiger partial charge in [-0.3, -0.25) is 4.98 Å². The lowest BCUT2D eigenvalue weighted by Gasteiger charge is -2.24. The number of aryl methyl sites for hydroxylation is 1. The van der Waals surface area contributed by atoms with Gasteiger partial charge < -0.3 is 19.3 Å². The maximum Gasteiger partial charge on any atom is 0.416 e. The van der Waals surface area contributed by atoms with Gasteiger partial charge in [0.2, 0.25) is 0 Å². The molecule has 0 aliphatic rings. The molecular formula is C30H32N2O5. The van der Waals surface area contributed by atoms with Crippen LogP contribution in [0.1, 0.15) is 36.5 Å². The standard InChI is InChI=1S/C30H32N2O5/c1-6-7-8-21-9-11-22(12-10-21)32(30(33)34)25-13-14-26(20(3)19(25)2)37-27-15-16-31-24-18-29(36-5)28(35-4)17-23(24)27/h9-18H,6-8H2,1-5H3,(H,33,34). The summed E-state index contributed by atoms with van der Waals surface area (Å²) in [6, 6.07) is 16.7. The molecule has 1 aromatic heterocycles. The molecule has 0 saturated heterocycles. The third-order valence-electron chi connectivity index (χ3n) is 6.58. The van der Waals surface area contributed by atoms with Gasteiger partial charge >= 0.3 is 6.09 Å². The van der Waals surface area contributed by atoms with E-state index < -0.39 is 6.09 Å². The van der Waals surface area contributed by atoms with Crippen molar-refractivity contribution in [2.45, 2.75) is 40.0 Å². The van der Waals surface area contributed by atoms with Crippen LogP contribution in [-0.4, -0.2) is 30.4 Å². The van der Waals surface area contributed by atoms with E-state index in [1.165, 1.54) is 10.5 Å². The normalized spacial score (nSPS) is 10.8. The van der Waals surface area contributed by atoms with Crippen LogP contribution in [0.5, 0.6) is 23.0 Å². The first-order chi connectivity index (χ1) is 17.9. The number of hydrogen-bond acceptors (Lipinski definition) is 5. The van der Waals surface area contributed by atoms with Crippen LogP contribution in [0.3, 0.4) is 0 Å². The van der Waals surface area contributed by atoms with E-state index in [4.69, 9.17) is 14.2 Å². The first-order valence-corrected chi connectivity index (χ1v) is 12.3. The highest BCUT2D eigenvalue weighted by atomic mass is 16.5. The van der Waals surface area contributed by atoms with E-state index in [0.29, 0.717) is 39.9 Å². The SMILES string of the molecule is CCCCc1ccc(N(C(=O)O)c2ccc(Oc3ccnc4cc(OC)c(OC)cc34)c(C)c2C)cc1. The molecular weight excluding hydrogens is 468 g/mol. The fraction of sp³-hybridized carbons (Fsp3) is 0.267. The van der Waals surface area contributed by atoms with Gasteiger partial charge in [0.1, 0.15) is 11.5 Å². The number of methoxy groups -OCH3 is 2. The van der Waals surface area contributed by atoms with Crippen LogP contribution in [0.15, 0.2) is 60.8 Å². The van der Waals surface area contributed by atoms with Crippen LogP contribution in [0.2, 0.25) is 0 Å². The summed E-state index contributed by atoms with van der Waals surface area (Å²) in [5, 5.41) is 10.9. The first-order valence-electron chi connectivity index (χ1n) is 12.3. The van der Waals surface area contributed by atoms with Gasteiger partial charge in [-0.25, -0.2) is 9.69 Å². The molecule has 1 amide bonds. The Labute approximate surface area is 217 Å². The van der Waals surface area contributed by atoms with E-state index in [0.717, 1.165) is 35.8 Å². The van der Waals surface area contributed by atoms with Gasteiger partial charge in [0.05, 0.1) is 31.1 Å². The molecule has 0 aliphatic carbocycles. The minimum atomic E-state index is -1.04. The number of rotatable bonds is 9. The molecule has 4 aromatic rings. The zero-order valence-corrected chi connectivity index (χ0v) is 21.9. The van der Waals surface area contributed by atoms with Crippen molar-refractivity contribution in [1.29, 1.82) is 0 Å². The zero-order chi connectivity index (χ0) is 26.5. The summed E-state index contributed by atoms with van der Waals surface area (Å²) in [6.07, 6.45) is 3.84. The molecule has 0 atom stereocenters. The second kappa shape index (κ2) is 11.2. The molecule has 0 unspecified atom stereocenters. The molecule has 192 valence electrons. The lowest BCUT2D eigenvalue weighted by atomic mass is 10.0. The van der Waals surface area contributed by atoms with Gasteiger partial charge in [0.25, 0.3) is 0 Å². The average molecular weight is 501 g/mol. The number of fused-ring (bicyclic) bond motifs is 1. The first kappa shape index (κ1) is 25.8. The summed E-state index contributed by atoms with van der Waals surface area (Å²) in [5.74, 6) is 2.40. The van der Waals surface area contributed by atoms with E-state index in [1.807, 2.05) is 44.2 Å². The highest BCUT2D eigenvalue weighted by Gasteiger charge is 2.21. The zero-order valence-electron chi connectivity index (χ0n) is 21.9. The molecule has 0 fully saturated rings. The summed E-state index contributed by atoms with van der Waals surface area (Å²) in [6.45, 7) is 5.99. The van der Waals surface area contributed by atoms with Crippen LogP contribution >= 0.6 is 0 Å². The molecule has 37 heavy (non-hydrogen) atoms. The van der Waals surface area contributed by atoms with Gasteiger partial charge in [0.15, 0.2) is 11.5 Å². The number of ether oxygens (including phenoxy) is 3. The van der Waals surface area contributed by atoms with Crippen molar-refractivity contribution >= 4 is 28.4 Å². The maximum absolute atomic E-state index is 12.3. The molecule has 0 bridgehead atoms. The number of anilines is 2. The van der Waals surface area contributed by atoms with Crippen molar-refractivity contribution < 1.29 is 24.1 Å². The van der Waals surface area contributed by atoms with Crippen LogP contribution in [0, 0.1) is 13.8 Å². The topological polar surface area (TPSA) is 81.1 Å². The van der Waals surface area contributed by atoms with Gasteiger partial charge in [0, 0.05) is 17.6 Å². The summed E-state index contributed by atoms with van der Waals surface area (Å²) in [7, 11) is 3.17. The average Bonchev–Trinajstić information content (AvgIpc) is 2.91. The number of benzene rings is 3. The maximum atomic E-state index is 12.3. The molecule has 0 spiro atoms. The van der Waals surface area contributed by atoms with E-state index in [1.54, 1.807) is 44.7 Å². The predicted octanol–water partition coefficient (Wildman–Crippen LogP) is 7.82. The van der Waals surface area contributed by atoms with Crippen molar-refractivity contribution in [1.82, 2.24) is 4.98 Å². The van der Waals surface area contributed by atoms with E-state index in [2.05, 4.69) is 11.9 Å². The molecule has 0 radical (unpaired) electrons. The predicted molar refractivity (Wildman–Crippen MR) is 146 cm³/mol. The molecule has 7 heteroatoms. The highest BCUT2D eigenvalue weighted by molar-refractivity contribution is 5.96. The van der Waals surface area contributed by atoms with E-state index >= 15 is 0 Å². The van der Waals surface area contributed by atoms with Gasteiger partial charge in [-0.2, -0.15) is 0 Å². The number of amides is 1. The highest BCUT2D eigenvalue weighted by Crippen LogP contribution is 2.40. The van der Waals surface area contributed by atoms with Crippen molar-refractivity contribution in [2.24, 2.45) is 0 Å². The molecule has 1 heterocycles. The Morgan fingerprint density at radius 2 is 1.59 bits per heavy atom. The minimum Gasteiger partial charge on any atom is -0.493 e. The minimum absolute atomic E-state index is 0.578. The molecule has 1 N–H and O–H groups in total. The monoisotopic (exact) mass is 500 g/mol. The van der Waals surface area contributed by atoms with E-state index in [9.17, 15) is 9.90 Å². The quantitative estimate of drug-likeness (QED) is 0.252. The largest absolute Gasteiger partial charge is 0.493 e.